The maximum absolute atomic E-state index is 12.2. The third kappa shape index (κ3) is 5.56. The first-order valence-corrected chi connectivity index (χ1v) is 9.17. The third-order valence-electron chi connectivity index (χ3n) is 4.39. The molecule has 0 saturated carbocycles. The Morgan fingerprint density at radius 1 is 1.07 bits per heavy atom. The van der Waals surface area contributed by atoms with Gasteiger partial charge in [0.15, 0.2) is 0 Å². The minimum Gasteiger partial charge on any atom is -0.468 e. The van der Waals surface area contributed by atoms with E-state index in [4.69, 9.17) is 20.8 Å². The Bertz CT molecular complexity index is 743. The fourth-order valence-corrected chi connectivity index (χ4v) is 3.04. The zero-order chi connectivity index (χ0) is 19.1. The lowest BCUT2D eigenvalue weighted by Crippen LogP contribution is -2.46. The molecule has 1 aliphatic heterocycles. The van der Waals surface area contributed by atoms with Gasteiger partial charge in [-0.25, -0.2) is 0 Å². The molecule has 27 heavy (non-hydrogen) atoms. The van der Waals surface area contributed by atoms with Crippen molar-refractivity contribution in [3.8, 4) is 0 Å². The van der Waals surface area contributed by atoms with Gasteiger partial charge in [0.25, 0.3) is 0 Å². The van der Waals surface area contributed by atoms with Gasteiger partial charge < -0.3 is 19.8 Å². The Labute approximate surface area is 162 Å². The van der Waals surface area contributed by atoms with Crippen LogP contribution in [0.2, 0.25) is 5.02 Å². The summed E-state index contributed by atoms with van der Waals surface area (Å²) in [6, 6.07) is 10.6. The van der Waals surface area contributed by atoms with Gasteiger partial charge in [0, 0.05) is 31.2 Å². The van der Waals surface area contributed by atoms with Crippen molar-refractivity contribution in [3.05, 3.63) is 59.0 Å². The van der Waals surface area contributed by atoms with Gasteiger partial charge in [-0.15, -0.1) is 0 Å². The summed E-state index contributed by atoms with van der Waals surface area (Å²) < 4.78 is 10.9. The molecule has 2 amide bonds. The minimum absolute atomic E-state index is 0.142. The molecule has 2 N–H and O–H groups in total. The number of benzene rings is 1. The highest BCUT2D eigenvalue weighted by molar-refractivity contribution is 6.35. The quantitative estimate of drug-likeness (QED) is 0.733. The van der Waals surface area contributed by atoms with Crippen LogP contribution in [-0.2, 0) is 20.9 Å². The fraction of sp³-hybridized carbons (Fsp3) is 0.368. The van der Waals surface area contributed by atoms with Crippen LogP contribution in [0.25, 0.3) is 0 Å². The summed E-state index contributed by atoms with van der Waals surface area (Å²) in [6.07, 6.45) is 1.60. The van der Waals surface area contributed by atoms with E-state index >= 15 is 0 Å². The lowest BCUT2D eigenvalue weighted by molar-refractivity contribution is -0.139. The number of halogens is 1. The normalized spacial score (nSPS) is 15.9. The summed E-state index contributed by atoms with van der Waals surface area (Å²) in [5, 5.41) is 5.92. The topological polar surface area (TPSA) is 83.8 Å². The molecule has 1 fully saturated rings. The van der Waals surface area contributed by atoms with Crippen molar-refractivity contribution in [2.75, 3.05) is 32.8 Å². The van der Waals surface area contributed by atoms with Gasteiger partial charge in [0.2, 0.25) is 0 Å². The number of amides is 2. The molecular formula is C19H22ClN3O4. The van der Waals surface area contributed by atoms with Crippen LogP contribution in [0, 0.1) is 0 Å². The molecule has 0 aliphatic carbocycles. The number of ether oxygens (including phenoxy) is 1. The van der Waals surface area contributed by atoms with Crippen molar-refractivity contribution in [1.82, 2.24) is 15.5 Å². The molecule has 0 unspecified atom stereocenters. The zero-order valence-corrected chi connectivity index (χ0v) is 15.6. The van der Waals surface area contributed by atoms with E-state index in [1.165, 1.54) is 0 Å². The zero-order valence-electron chi connectivity index (χ0n) is 14.8. The van der Waals surface area contributed by atoms with Crippen LogP contribution in [0.3, 0.4) is 0 Å². The van der Waals surface area contributed by atoms with E-state index in [1.54, 1.807) is 30.5 Å². The van der Waals surface area contributed by atoms with Crippen LogP contribution in [-0.4, -0.2) is 49.6 Å². The molecule has 0 radical (unpaired) electrons. The van der Waals surface area contributed by atoms with Gasteiger partial charge >= 0.3 is 11.8 Å². The molecule has 1 saturated heterocycles. The number of carbonyl (C=O) groups excluding carboxylic acids is 2. The maximum Gasteiger partial charge on any atom is 0.309 e. The smallest absolute Gasteiger partial charge is 0.309 e. The molecule has 2 aromatic rings. The van der Waals surface area contributed by atoms with Crippen molar-refractivity contribution in [2.24, 2.45) is 0 Å². The van der Waals surface area contributed by atoms with Crippen LogP contribution in [0.5, 0.6) is 0 Å². The molecule has 2 heterocycles. The molecule has 8 heteroatoms. The average Bonchev–Trinajstić information content (AvgIpc) is 3.22. The van der Waals surface area contributed by atoms with E-state index in [0.717, 1.165) is 24.4 Å². The first-order chi connectivity index (χ1) is 13.1. The first-order valence-electron chi connectivity index (χ1n) is 8.79. The van der Waals surface area contributed by atoms with E-state index in [0.29, 0.717) is 18.2 Å². The summed E-state index contributed by atoms with van der Waals surface area (Å²) in [5.41, 5.74) is 0.863. The molecule has 1 aromatic carbocycles. The first kappa shape index (κ1) is 19.4. The molecule has 0 spiro atoms. The highest BCUT2D eigenvalue weighted by atomic mass is 35.5. The minimum atomic E-state index is -0.676. The van der Waals surface area contributed by atoms with Crippen LogP contribution < -0.4 is 10.6 Å². The van der Waals surface area contributed by atoms with Crippen LogP contribution in [0.1, 0.15) is 17.4 Å². The second-order valence-corrected chi connectivity index (χ2v) is 6.64. The second-order valence-electron chi connectivity index (χ2n) is 6.20. The fourth-order valence-electron chi connectivity index (χ4n) is 2.91. The number of nitrogens with zero attached hydrogens (tertiary/aromatic N) is 1. The van der Waals surface area contributed by atoms with Crippen molar-refractivity contribution in [1.29, 1.82) is 0 Å². The van der Waals surface area contributed by atoms with Crippen LogP contribution in [0.4, 0.5) is 0 Å². The van der Waals surface area contributed by atoms with Crippen LogP contribution >= 0.6 is 11.6 Å². The highest BCUT2D eigenvalue weighted by Gasteiger charge is 2.26. The SMILES string of the molecule is O=C(NCc1ccc(Cl)cc1)C(=O)NC[C@@H](c1ccco1)N1CCOCC1. The summed E-state index contributed by atoms with van der Waals surface area (Å²) >= 11 is 5.83. The second kappa shape index (κ2) is 9.55. The summed E-state index contributed by atoms with van der Waals surface area (Å²) in [4.78, 5) is 26.4. The molecular weight excluding hydrogens is 370 g/mol. The number of rotatable bonds is 6. The van der Waals surface area contributed by atoms with Crippen molar-refractivity contribution >= 4 is 23.4 Å². The van der Waals surface area contributed by atoms with E-state index in [2.05, 4.69) is 15.5 Å². The summed E-state index contributed by atoms with van der Waals surface area (Å²) in [6.45, 7) is 3.28. The van der Waals surface area contributed by atoms with Gasteiger partial charge in [-0.3, -0.25) is 14.5 Å². The van der Waals surface area contributed by atoms with E-state index in [-0.39, 0.29) is 19.1 Å². The van der Waals surface area contributed by atoms with Crippen molar-refractivity contribution < 1.29 is 18.7 Å². The van der Waals surface area contributed by atoms with Gasteiger partial charge in [-0.1, -0.05) is 23.7 Å². The summed E-state index contributed by atoms with van der Waals surface area (Å²) in [7, 11) is 0. The van der Waals surface area contributed by atoms with Crippen molar-refractivity contribution in [2.45, 2.75) is 12.6 Å². The largest absolute Gasteiger partial charge is 0.468 e. The van der Waals surface area contributed by atoms with Gasteiger partial charge in [-0.05, 0) is 29.8 Å². The van der Waals surface area contributed by atoms with E-state index in [1.807, 2.05) is 12.1 Å². The number of hydrogen-bond donors (Lipinski definition) is 2. The standard InChI is InChI=1S/C19H22ClN3O4/c20-15-5-3-14(4-6-15)12-21-18(24)19(25)22-13-16(17-2-1-9-27-17)23-7-10-26-11-8-23/h1-6,9,16H,7-8,10-13H2,(H,21,24)(H,22,25)/t16-/m0/s1. The Morgan fingerprint density at radius 3 is 2.44 bits per heavy atom. The van der Waals surface area contributed by atoms with E-state index in [9.17, 15) is 9.59 Å². The average molecular weight is 392 g/mol. The molecule has 7 nitrogen and oxygen atoms in total. The molecule has 1 aromatic heterocycles. The molecule has 144 valence electrons. The van der Waals surface area contributed by atoms with Gasteiger partial charge in [0.1, 0.15) is 5.76 Å². The summed E-state index contributed by atoms with van der Waals surface area (Å²) in [5.74, 6) is -0.599. The number of morpholine rings is 1. The lowest BCUT2D eigenvalue weighted by atomic mass is 10.1. The predicted octanol–water partition coefficient (Wildman–Crippen LogP) is 1.74. The van der Waals surface area contributed by atoms with Crippen LogP contribution in [0.15, 0.2) is 47.1 Å². The Hall–Kier alpha value is -2.35. The lowest BCUT2D eigenvalue weighted by Gasteiger charge is -2.33. The number of furan rings is 1. The Kier molecular flexibility index (Phi) is 6.86. The molecule has 3 rings (SSSR count). The van der Waals surface area contributed by atoms with Gasteiger partial charge in [0.05, 0.1) is 25.5 Å². The number of hydrogen-bond acceptors (Lipinski definition) is 5. The molecule has 0 bridgehead atoms. The van der Waals surface area contributed by atoms with E-state index < -0.39 is 11.8 Å². The Balaban J connectivity index is 1.52. The maximum atomic E-state index is 12.2. The molecule has 1 atom stereocenters. The third-order valence-corrected chi connectivity index (χ3v) is 4.64. The predicted molar refractivity (Wildman–Crippen MR) is 100 cm³/mol. The van der Waals surface area contributed by atoms with Gasteiger partial charge in [-0.2, -0.15) is 0 Å². The van der Waals surface area contributed by atoms with Crippen molar-refractivity contribution in [3.63, 3.8) is 0 Å². The molecule has 1 aliphatic rings. The Morgan fingerprint density at radius 2 is 1.78 bits per heavy atom. The highest BCUT2D eigenvalue weighted by Crippen LogP contribution is 2.21. The number of nitrogens with one attached hydrogen (secondary N) is 2. The monoisotopic (exact) mass is 391 g/mol. The number of carbonyl (C=O) groups is 2.